The van der Waals surface area contributed by atoms with Gasteiger partial charge in [0.05, 0.1) is 23.2 Å². The fourth-order valence-electron chi connectivity index (χ4n) is 3.70. The highest BCUT2D eigenvalue weighted by Gasteiger charge is 2.22. The molecule has 5 rings (SSSR count). The molecule has 3 aromatic heterocycles. The second kappa shape index (κ2) is 7.60. The van der Waals surface area contributed by atoms with Gasteiger partial charge in [0.1, 0.15) is 0 Å². The first-order chi connectivity index (χ1) is 14.3. The molecule has 1 amide bonds. The van der Waals surface area contributed by atoms with Crippen molar-refractivity contribution in [3.8, 4) is 11.3 Å². The number of hydrogen-bond acceptors (Lipinski definition) is 5. The van der Waals surface area contributed by atoms with Crippen molar-refractivity contribution in [1.82, 2.24) is 19.8 Å². The number of rotatable bonds is 4. The van der Waals surface area contributed by atoms with E-state index in [1.54, 1.807) is 35.9 Å². The third-order valence-corrected chi connectivity index (χ3v) is 6.22. The molecule has 0 radical (unpaired) electrons. The third kappa shape index (κ3) is 3.34. The van der Waals surface area contributed by atoms with E-state index >= 15 is 0 Å². The molecule has 0 unspecified atom stereocenters. The minimum atomic E-state index is -0.288. The van der Waals surface area contributed by atoms with Gasteiger partial charge in [0.2, 0.25) is 0 Å². The normalized spacial score (nSPS) is 13.7. The average Bonchev–Trinajstić information content (AvgIpc) is 3.31. The number of nitrogens with one attached hydrogen (secondary N) is 1. The first-order valence-electron chi connectivity index (χ1n) is 9.63. The van der Waals surface area contributed by atoms with Crippen molar-refractivity contribution >= 4 is 28.4 Å². The van der Waals surface area contributed by atoms with E-state index < -0.39 is 0 Å². The first-order valence-corrected chi connectivity index (χ1v) is 10.4. The number of aromatic nitrogens is 3. The van der Waals surface area contributed by atoms with Crippen LogP contribution in [0.1, 0.15) is 39.5 Å². The SMILES string of the molecule is O=C(NN=Cc1c(-c2ccccc2)nc2sc3c(n12)CCCC3)c1cccnc1. The van der Waals surface area contributed by atoms with Gasteiger partial charge in [-0.2, -0.15) is 5.10 Å². The maximum absolute atomic E-state index is 12.3. The van der Waals surface area contributed by atoms with Crippen molar-refractivity contribution < 1.29 is 4.79 Å². The molecule has 4 aromatic rings. The predicted molar refractivity (Wildman–Crippen MR) is 114 cm³/mol. The van der Waals surface area contributed by atoms with Crippen molar-refractivity contribution in [2.45, 2.75) is 25.7 Å². The monoisotopic (exact) mass is 401 g/mol. The van der Waals surface area contributed by atoms with Crippen LogP contribution in [0.3, 0.4) is 0 Å². The number of imidazole rings is 1. The summed E-state index contributed by atoms with van der Waals surface area (Å²) in [5.41, 5.74) is 7.22. The molecule has 1 aliphatic carbocycles. The van der Waals surface area contributed by atoms with Gasteiger partial charge in [0.15, 0.2) is 4.96 Å². The van der Waals surface area contributed by atoms with E-state index in [2.05, 4.69) is 19.9 Å². The fraction of sp³-hybridized carbons (Fsp3) is 0.182. The molecule has 6 nitrogen and oxygen atoms in total. The van der Waals surface area contributed by atoms with Gasteiger partial charge in [-0.15, -0.1) is 11.3 Å². The van der Waals surface area contributed by atoms with Gasteiger partial charge >= 0.3 is 0 Å². The van der Waals surface area contributed by atoms with Crippen LogP contribution in [-0.2, 0) is 12.8 Å². The molecule has 3 heterocycles. The van der Waals surface area contributed by atoms with Crippen LogP contribution in [0, 0.1) is 0 Å². The van der Waals surface area contributed by atoms with Crippen LogP contribution in [-0.4, -0.2) is 26.5 Å². The zero-order valence-electron chi connectivity index (χ0n) is 15.7. The summed E-state index contributed by atoms with van der Waals surface area (Å²) in [5.74, 6) is -0.288. The third-order valence-electron chi connectivity index (χ3n) is 5.08. The van der Waals surface area contributed by atoms with E-state index in [9.17, 15) is 4.79 Å². The van der Waals surface area contributed by atoms with Gasteiger partial charge in [-0.1, -0.05) is 30.3 Å². The van der Waals surface area contributed by atoms with E-state index in [0.717, 1.165) is 34.8 Å². The summed E-state index contributed by atoms with van der Waals surface area (Å²) in [6, 6.07) is 13.5. The highest BCUT2D eigenvalue weighted by molar-refractivity contribution is 7.17. The minimum Gasteiger partial charge on any atom is -0.285 e. The molecule has 0 spiro atoms. The molecule has 0 atom stereocenters. The topological polar surface area (TPSA) is 71.7 Å². The summed E-state index contributed by atoms with van der Waals surface area (Å²) in [6.45, 7) is 0. The van der Waals surface area contributed by atoms with Crippen LogP contribution in [0.5, 0.6) is 0 Å². The molecule has 0 fully saturated rings. The lowest BCUT2D eigenvalue weighted by Crippen LogP contribution is -2.18. The standard InChI is InChI=1S/C22H19N5OS/c28-21(16-9-6-12-23-13-16)26-24-14-18-20(15-7-2-1-3-8-15)25-22-27(18)17-10-4-5-11-19(17)29-22/h1-3,6-9,12-14H,4-5,10-11H2,(H,26,28). The van der Waals surface area contributed by atoms with E-state index in [1.807, 2.05) is 30.3 Å². The summed E-state index contributed by atoms with van der Waals surface area (Å²) in [7, 11) is 0. The van der Waals surface area contributed by atoms with Crippen molar-refractivity contribution in [2.75, 3.05) is 0 Å². The summed E-state index contributed by atoms with van der Waals surface area (Å²) >= 11 is 1.76. The van der Waals surface area contributed by atoms with Crippen LogP contribution in [0.2, 0.25) is 0 Å². The number of benzene rings is 1. The Morgan fingerprint density at radius 1 is 1.14 bits per heavy atom. The largest absolute Gasteiger partial charge is 0.285 e. The fourth-order valence-corrected chi connectivity index (χ4v) is 4.92. The predicted octanol–water partition coefficient (Wildman–Crippen LogP) is 4.10. The maximum Gasteiger partial charge on any atom is 0.272 e. The van der Waals surface area contributed by atoms with Crippen LogP contribution >= 0.6 is 11.3 Å². The molecule has 1 aromatic carbocycles. The molecule has 0 aliphatic heterocycles. The highest BCUT2D eigenvalue weighted by Crippen LogP contribution is 2.34. The van der Waals surface area contributed by atoms with E-state index in [0.29, 0.717) is 5.56 Å². The molecular weight excluding hydrogens is 382 g/mol. The number of thiazole rings is 1. The molecule has 29 heavy (non-hydrogen) atoms. The lowest BCUT2D eigenvalue weighted by molar-refractivity contribution is 0.0955. The Morgan fingerprint density at radius 2 is 2.00 bits per heavy atom. The summed E-state index contributed by atoms with van der Waals surface area (Å²) in [6.07, 6.45) is 9.43. The molecular formula is C22H19N5OS. The van der Waals surface area contributed by atoms with Gasteiger partial charge < -0.3 is 0 Å². The number of hydrogen-bond donors (Lipinski definition) is 1. The zero-order chi connectivity index (χ0) is 19.6. The minimum absolute atomic E-state index is 0.288. The summed E-state index contributed by atoms with van der Waals surface area (Å²) in [5, 5.41) is 4.25. The lowest BCUT2D eigenvalue weighted by Gasteiger charge is -2.11. The quantitative estimate of drug-likeness (QED) is 0.413. The van der Waals surface area contributed by atoms with Crippen molar-refractivity contribution in [3.63, 3.8) is 0 Å². The number of pyridine rings is 1. The number of carbonyl (C=O) groups is 1. The number of hydrazone groups is 1. The lowest BCUT2D eigenvalue weighted by atomic mass is 10.0. The Labute approximate surface area is 172 Å². The number of amides is 1. The summed E-state index contributed by atoms with van der Waals surface area (Å²) in [4.78, 5) is 23.6. The van der Waals surface area contributed by atoms with E-state index in [-0.39, 0.29) is 5.91 Å². The van der Waals surface area contributed by atoms with Gasteiger partial charge in [-0.25, -0.2) is 10.4 Å². The molecule has 0 bridgehead atoms. The number of aryl methyl sites for hydroxylation is 2. The second-order valence-electron chi connectivity index (χ2n) is 6.95. The number of carbonyl (C=O) groups excluding carboxylic acids is 1. The Kier molecular flexibility index (Phi) is 4.65. The van der Waals surface area contributed by atoms with Gasteiger partial charge in [-0.05, 0) is 37.8 Å². The molecule has 0 saturated heterocycles. The van der Waals surface area contributed by atoms with Crippen LogP contribution in [0.25, 0.3) is 16.2 Å². The Hall–Kier alpha value is -3.32. The van der Waals surface area contributed by atoms with Crippen molar-refractivity contribution in [2.24, 2.45) is 5.10 Å². The first kappa shape index (κ1) is 17.8. The van der Waals surface area contributed by atoms with Crippen molar-refractivity contribution in [1.29, 1.82) is 0 Å². The van der Waals surface area contributed by atoms with Crippen LogP contribution < -0.4 is 5.43 Å². The Morgan fingerprint density at radius 3 is 2.83 bits per heavy atom. The smallest absolute Gasteiger partial charge is 0.272 e. The van der Waals surface area contributed by atoms with E-state index in [1.165, 1.54) is 29.6 Å². The molecule has 0 saturated carbocycles. The Balaban J connectivity index is 1.55. The van der Waals surface area contributed by atoms with Gasteiger partial charge in [0.25, 0.3) is 5.91 Å². The summed E-state index contributed by atoms with van der Waals surface area (Å²) < 4.78 is 2.21. The molecule has 7 heteroatoms. The number of nitrogens with zero attached hydrogens (tertiary/aromatic N) is 4. The molecule has 144 valence electrons. The van der Waals surface area contributed by atoms with Crippen molar-refractivity contribution in [3.05, 3.63) is 76.7 Å². The number of fused-ring (bicyclic) bond motifs is 3. The zero-order valence-corrected chi connectivity index (χ0v) is 16.5. The average molecular weight is 401 g/mol. The van der Waals surface area contributed by atoms with Gasteiger partial charge in [0, 0.05) is 28.5 Å². The van der Waals surface area contributed by atoms with E-state index in [4.69, 9.17) is 4.98 Å². The molecule has 1 aliphatic rings. The highest BCUT2D eigenvalue weighted by atomic mass is 32.1. The maximum atomic E-state index is 12.3. The Bertz CT molecular complexity index is 1190. The van der Waals surface area contributed by atoms with Crippen LogP contribution in [0.4, 0.5) is 0 Å². The van der Waals surface area contributed by atoms with Gasteiger partial charge in [-0.3, -0.25) is 14.2 Å². The molecule has 1 N–H and O–H groups in total. The second-order valence-corrected chi connectivity index (χ2v) is 8.01. The van der Waals surface area contributed by atoms with Crippen LogP contribution in [0.15, 0.2) is 60.0 Å².